The summed E-state index contributed by atoms with van der Waals surface area (Å²) in [4.78, 5) is 12.3. The van der Waals surface area contributed by atoms with Crippen LogP contribution < -0.4 is 11.1 Å². The first kappa shape index (κ1) is 18.3. The van der Waals surface area contributed by atoms with E-state index in [1.54, 1.807) is 0 Å². The number of carbonyl (C=O) groups is 1. The van der Waals surface area contributed by atoms with Crippen molar-refractivity contribution in [3.05, 3.63) is 34.9 Å². The van der Waals surface area contributed by atoms with Crippen molar-refractivity contribution in [2.24, 2.45) is 11.7 Å². The van der Waals surface area contributed by atoms with Gasteiger partial charge in [-0.2, -0.15) is 0 Å². The summed E-state index contributed by atoms with van der Waals surface area (Å²) in [5, 5.41) is 3.89. The molecule has 0 saturated heterocycles. The largest absolute Gasteiger partial charge is 0.351 e. The van der Waals surface area contributed by atoms with E-state index in [0.717, 1.165) is 36.3 Å². The Morgan fingerprint density at radius 1 is 1.38 bits per heavy atom. The van der Waals surface area contributed by atoms with Gasteiger partial charge in [-0.05, 0) is 51.2 Å². The molecule has 5 heteroatoms. The van der Waals surface area contributed by atoms with Crippen LogP contribution in [0.1, 0.15) is 38.7 Å². The van der Waals surface area contributed by atoms with Crippen molar-refractivity contribution in [3.8, 4) is 0 Å². The van der Waals surface area contributed by atoms with Gasteiger partial charge in [-0.3, -0.25) is 4.79 Å². The fraction of sp³-hybridized carbons (Fsp3) is 0.562. The van der Waals surface area contributed by atoms with Gasteiger partial charge in [-0.25, -0.2) is 0 Å². The summed E-state index contributed by atoms with van der Waals surface area (Å²) in [6.07, 6.45) is 3.36. The van der Waals surface area contributed by atoms with E-state index in [9.17, 15) is 4.79 Å². The van der Waals surface area contributed by atoms with Crippen LogP contribution in [-0.2, 0) is 11.2 Å². The quantitative estimate of drug-likeness (QED) is 0.889. The zero-order valence-electron chi connectivity index (χ0n) is 12.6. The summed E-state index contributed by atoms with van der Waals surface area (Å²) < 4.78 is 0. The lowest BCUT2D eigenvalue weighted by Crippen LogP contribution is -2.47. The third-order valence-corrected chi connectivity index (χ3v) is 4.26. The highest BCUT2D eigenvalue weighted by atomic mass is 35.5. The van der Waals surface area contributed by atoms with Crippen LogP contribution in [0.25, 0.3) is 0 Å². The molecular weight excluding hydrogens is 307 g/mol. The van der Waals surface area contributed by atoms with Gasteiger partial charge in [0.2, 0.25) is 5.91 Å². The fourth-order valence-electron chi connectivity index (χ4n) is 2.85. The Morgan fingerprint density at radius 2 is 2.05 bits per heavy atom. The predicted octanol–water partition coefficient (Wildman–Crippen LogP) is 3.33. The Morgan fingerprint density at radius 3 is 2.62 bits per heavy atom. The smallest absolute Gasteiger partial charge is 0.223 e. The molecule has 1 aliphatic rings. The Balaban J connectivity index is 0.00000220. The Bertz CT molecular complexity index is 491. The second kappa shape index (κ2) is 7.48. The third kappa shape index (κ3) is 5.17. The molecule has 1 aromatic carbocycles. The minimum Gasteiger partial charge on any atom is -0.351 e. The van der Waals surface area contributed by atoms with E-state index in [2.05, 4.69) is 5.32 Å². The number of nitrogens with two attached hydrogens (primary N) is 1. The summed E-state index contributed by atoms with van der Waals surface area (Å²) in [5.74, 6) is 0.186. The number of nitrogens with one attached hydrogen (secondary N) is 1. The molecule has 3 nitrogen and oxygen atoms in total. The second-order valence-electron chi connectivity index (χ2n) is 6.41. The Hall–Kier alpha value is -0.770. The molecule has 21 heavy (non-hydrogen) atoms. The van der Waals surface area contributed by atoms with Crippen molar-refractivity contribution in [1.29, 1.82) is 0 Å². The van der Waals surface area contributed by atoms with Crippen LogP contribution >= 0.6 is 24.0 Å². The normalized spacial score (nSPS) is 21.7. The van der Waals surface area contributed by atoms with Gasteiger partial charge in [-0.1, -0.05) is 29.8 Å². The van der Waals surface area contributed by atoms with Gasteiger partial charge in [0.25, 0.3) is 0 Å². The van der Waals surface area contributed by atoms with Crippen LogP contribution in [0.3, 0.4) is 0 Å². The van der Waals surface area contributed by atoms with E-state index in [1.807, 2.05) is 38.1 Å². The van der Waals surface area contributed by atoms with Crippen LogP contribution in [0.2, 0.25) is 5.02 Å². The molecule has 1 fully saturated rings. The zero-order chi connectivity index (χ0) is 14.8. The molecule has 1 saturated carbocycles. The van der Waals surface area contributed by atoms with E-state index >= 15 is 0 Å². The predicted molar refractivity (Wildman–Crippen MR) is 89.9 cm³/mol. The summed E-state index contributed by atoms with van der Waals surface area (Å²) >= 11 is 6.18. The topological polar surface area (TPSA) is 55.1 Å². The number of rotatable bonds is 4. The van der Waals surface area contributed by atoms with Crippen LogP contribution in [0.15, 0.2) is 24.3 Å². The van der Waals surface area contributed by atoms with E-state index in [4.69, 9.17) is 17.3 Å². The van der Waals surface area contributed by atoms with Gasteiger partial charge in [0.15, 0.2) is 0 Å². The van der Waals surface area contributed by atoms with Gasteiger partial charge in [0.05, 0.1) is 0 Å². The van der Waals surface area contributed by atoms with Crippen LogP contribution in [0, 0.1) is 5.92 Å². The minimum absolute atomic E-state index is 0. The summed E-state index contributed by atoms with van der Waals surface area (Å²) in [6, 6.07) is 7.94. The lowest BCUT2D eigenvalue weighted by atomic mass is 9.93. The molecule has 0 radical (unpaired) electrons. The number of hydrogen-bond acceptors (Lipinski definition) is 2. The maximum Gasteiger partial charge on any atom is 0.223 e. The van der Waals surface area contributed by atoms with Crippen LogP contribution in [0.5, 0.6) is 0 Å². The highest BCUT2D eigenvalue weighted by molar-refractivity contribution is 6.31. The van der Waals surface area contributed by atoms with Crippen molar-refractivity contribution >= 4 is 29.9 Å². The first-order valence-electron chi connectivity index (χ1n) is 7.18. The van der Waals surface area contributed by atoms with E-state index < -0.39 is 0 Å². The molecule has 0 aromatic heterocycles. The van der Waals surface area contributed by atoms with Crippen LogP contribution in [0.4, 0.5) is 0 Å². The maximum absolute atomic E-state index is 12.3. The summed E-state index contributed by atoms with van der Waals surface area (Å²) in [7, 11) is 0. The van der Waals surface area contributed by atoms with E-state index in [1.165, 1.54) is 0 Å². The lowest BCUT2D eigenvalue weighted by molar-refractivity contribution is -0.126. The summed E-state index contributed by atoms with van der Waals surface area (Å²) in [5.41, 5.74) is 6.62. The molecule has 118 valence electrons. The molecule has 3 N–H and O–H groups in total. The first-order chi connectivity index (χ1) is 9.37. The van der Waals surface area contributed by atoms with Crippen molar-refractivity contribution in [2.75, 3.05) is 0 Å². The van der Waals surface area contributed by atoms with Gasteiger partial charge >= 0.3 is 0 Å². The number of halogens is 2. The number of carbonyl (C=O) groups excluding carboxylic acids is 1. The van der Waals surface area contributed by atoms with E-state index in [0.29, 0.717) is 0 Å². The van der Waals surface area contributed by atoms with Crippen LogP contribution in [-0.4, -0.2) is 17.5 Å². The molecule has 2 unspecified atom stereocenters. The monoisotopic (exact) mass is 330 g/mol. The molecule has 1 amide bonds. The molecule has 1 aliphatic carbocycles. The molecule has 0 heterocycles. The number of hydrogen-bond donors (Lipinski definition) is 2. The Labute approximate surface area is 138 Å². The number of benzene rings is 1. The first-order valence-corrected chi connectivity index (χ1v) is 7.56. The molecule has 0 spiro atoms. The zero-order valence-corrected chi connectivity index (χ0v) is 14.1. The average Bonchev–Trinajstić information content (AvgIpc) is 2.78. The molecule has 0 bridgehead atoms. The minimum atomic E-state index is -0.311. The fourth-order valence-corrected chi connectivity index (χ4v) is 3.05. The highest BCUT2D eigenvalue weighted by Gasteiger charge is 2.31. The average molecular weight is 331 g/mol. The third-order valence-electron chi connectivity index (χ3n) is 3.90. The van der Waals surface area contributed by atoms with Gasteiger partial charge in [-0.15, -0.1) is 12.4 Å². The van der Waals surface area contributed by atoms with Crippen molar-refractivity contribution < 1.29 is 4.79 Å². The lowest BCUT2D eigenvalue weighted by Gasteiger charge is -2.28. The van der Waals surface area contributed by atoms with Gasteiger partial charge in [0.1, 0.15) is 0 Å². The molecular formula is C16H24Cl2N2O. The number of amides is 1. The highest BCUT2D eigenvalue weighted by Crippen LogP contribution is 2.26. The summed E-state index contributed by atoms with van der Waals surface area (Å²) in [6.45, 7) is 4.06. The standard InChI is InChI=1S/C16H23ClN2O.ClH/c1-16(2,10-12-5-3-4-6-14(12)17)19-15(20)11-7-8-13(18)9-11;/h3-6,11,13H,7-10,18H2,1-2H3,(H,19,20);1H. The molecule has 0 aliphatic heterocycles. The van der Waals surface area contributed by atoms with Gasteiger partial charge < -0.3 is 11.1 Å². The maximum atomic E-state index is 12.3. The molecule has 2 rings (SSSR count). The van der Waals surface area contributed by atoms with Crippen molar-refractivity contribution in [1.82, 2.24) is 5.32 Å². The van der Waals surface area contributed by atoms with Crippen molar-refractivity contribution in [2.45, 2.75) is 51.1 Å². The van der Waals surface area contributed by atoms with Crippen molar-refractivity contribution in [3.63, 3.8) is 0 Å². The van der Waals surface area contributed by atoms with Gasteiger partial charge in [0, 0.05) is 22.5 Å². The SMILES string of the molecule is CC(C)(Cc1ccccc1Cl)NC(=O)C1CCC(N)C1.Cl. The second-order valence-corrected chi connectivity index (χ2v) is 6.82. The van der Waals surface area contributed by atoms with E-state index in [-0.39, 0.29) is 35.8 Å². The molecule has 1 aromatic rings. The molecule has 2 atom stereocenters. The Kier molecular flexibility index (Phi) is 6.51.